The van der Waals surface area contributed by atoms with Crippen LogP contribution in [0.2, 0.25) is 10.0 Å². The van der Waals surface area contributed by atoms with Crippen LogP contribution in [0.15, 0.2) is 35.4 Å². The monoisotopic (exact) mass is 524 g/mol. The Morgan fingerprint density at radius 1 is 1.19 bits per heavy atom. The largest absolute Gasteiger partial charge is 0.445 e. The van der Waals surface area contributed by atoms with Crippen LogP contribution in [0.3, 0.4) is 0 Å². The second-order valence-electron chi connectivity index (χ2n) is 6.35. The molecule has 2 heterocycles. The fourth-order valence-corrected chi connectivity index (χ4v) is 4.82. The molecule has 0 radical (unpaired) electrons. The third-order valence-corrected chi connectivity index (χ3v) is 7.59. The van der Waals surface area contributed by atoms with Crippen LogP contribution < -0.4 is 4.90 Å². The molecule has 0 atom stereocenters. The summed E-state index contributed by atoms with van der Waals surface area (Å²) in [6.45, 7) is 1.38. The second-order valence-corrected chi connectivity index (χ2v) is 10.4. The topological polar surface area (TPSA) is 93.1 Å². The third kappa shape index (κ3) is 4.87. The molecule has 1 aromatic carbocycles. The maximum atomic E-state index is 13.0. The summed E-state index contributed by atoms with van der Waals surface area (Å²) in [5.41, 5.74) is 0.280. The summed E-state index contributed by atoms with van der Waals surface area (Å²) in [6, 6.07) is 5.82. The Morgan fingerprint density at radius 2 is 1.88 bits per heavy atom. The van der Waals surface area contributed by atoms with Gasteiger partial charge in [0.25, 0.3) is 5.91 Å². The molecular formula is C18H13Cl2F3N4O3S2. The van der Waals surface area contributed by atoms with Crippen LogP contribution in [-0.4, -0.2) is 42.3 Å². The molecule has 7 nitrogen and oxygen atoms in total. The van der Waals surface area contributed by atoms with Crippen LogP contribution in [0, 0.1) is 0 Å². The van der Waals surface area contributed by atoms with Gasteiger partial charge in [-0.3, -0.25) is 9.69 Å². The number of halogens is 5. The molecule has 0 unspecified atom stereocenters. The number of benzene rings is 1. The zero-order chi connectivity index (χ0) is 23.8. The van der Waals surface area contributed by atoms with Crippen LogP contribution in [0.25, 0.3) is 11.1 Å². The minimum Gasteiger partial charge on any atom is -0.284 e. The molecule has 0 fully saturated rings. The molecule has 0 aliphatic carbocycles. The first-order chi connectivity index (χ1) is 14.8. The maximum absolute atomic E-state index is 13.0. The number of carbonyl (C=O) groups is 1. The van der Waals surface area contributed by atoms with E-state index in [0.717, 1.165) is 11.9 Å². The highest BCUT2D eigenvalue weighted by atomic mass is 35.5. The fourth-order valence-electron chi connectivity index (χ4n) is 2.58. The molecule has 3 rings (SSSR count). The van der Waals surface area contributed by atoms with E-state index in [9.17, 15) is 26.4 Å². The Balaban J connectivity index is 2.09. The summed E-state index contributed by atoms with van der Waals surface area (Å²) in [4.78, 5) is 17.3. The fraction of sp³-hybridized carbons (Fsp3) is 0.222. The van der Waals surface area contributed by atoms with Crippen LogP contribution >= 0.6 is 34.5 Å². The molecule has 0 aliphatic rings. The zero-order valence-corrected chi connectivity index (χ0v) is 19.5. The van der Waals surface area contributed by atoms with Crippen molar-refractivity contribution < 1.29 is 26.4 Å². The number of hydrogen-bond acceptors (Lipinski definition) is 7. The van der Waals surface area contributed by atoms with Crippen molar-refractivity contribution in [3.63, 3.8) is 0 Å². The van der Waals surface area contributed by atoms with E-state index in [0.29, 0.717) is 16.1 Å². The van der Waals surface area contributed by atoms with Gasteiger partial charge >= 0.3 is 6.18 Å². The van der Waals surface area contributed by atoms with Crippen molar-refractivity contribution in [3.8, 4) is 11.1 Å². The number of rotatable bonds is 5. The molecule has 0 saturated heterocycles. The lowest BCUT2D eigenvalue weighted by molar-refractivity contribution is -0.138. The predicted octanol–water partition coefficient (Wildman–Crippen LogP) is 5.00. The minimum absolute atomic E-state index is 0.144. The number of amides is 1. The molecule has 3 aromatic rings. The number of nitrogens with zero attached hydrogens (tertiary/aromatic N) is 4. The van der Waals surface area contributed by atoms with Gasteiger partial charge in [-0.25, -0.2) is 13.4 Å². The van der Waals surface area contributed by atoms with Crippen LogP contribution in [0.1, 0.15) is 22.4 Å². The highest BCUT2D eigenvalue weighted by Crippen LogP contribution is 2.35. The average molecular weight is 525 g/mol. The van der Waals surface area contributed by atoms with E-state index in [4.69, 9.17) is 23.2 Å². The van der Waals surface area contributed by atoms with Gasteiger partial charge in [-0.05, 0) is 18.2 Å². The van der Waals surface area contributed by atoms with E-state index >= 15 is 0 Å². The predicted molar refractivity (Wildman–Crippen MR) is 115 cm³/mol. The van der Waals surface area contributed by atoms with Gasteiger partial charge in [0.1, 0.15) is 5.69 Å². The number of anilines is 1. The van der Waals surface area contributed by atoms with E-state index in [1.165, 1.54) is 25.3 Å². The minimum atomic E-state index is -4.73. The van der Waals surface area contributed by atoms with Crippen molar-refractivity contribution in [1.29, 1.82) is 0 Å². The summed E-state index contributed by atoms with van der Waals surface area (Å²) >= 11 is 12.2. The molecule has 1 amide bonds. The zero-order valence-electron chi connectivity index (χ0n) is 16.3. The van der Waals surface area contributed by atoms with Gasteiger partial charge in [0.05, 0.1) is 10.6 Å². The van der Waals surface area contributed by atoms with Gasteiger partial charge in [0.15, 0.2) is 9.84 Å². The Kier molecular flexibility index (Phi) is 6.80. The molecule has 0 saturated carbocycles. The van der Waals surface area contributed by atoms with Crippen LogP contribution in [-0.2, 0) is 16.0 Å². The normalized spacial score (nSPS) is 12.1. The smallest absolute Gasteiger partial charge is 0.284 e. The number of pyridine rings is 1. The van der Waals surface area contributed by atoms with Gasteiger partial charge in [0.2, 0.25) is 10.1 Å². The van der Waals surface area contributed by atoms with Gasteiger partial charge in [-0.2, -0.15) is 13.2 Å². The lowest BCUT2D eigenvalue weighted by atomic mass is 10.1. The highest BCUT2D eigenvalue weighted by Gasteiger charge is 2.37. The molecular weight excluding hydrogens is 512 g/mol. The summed E-state index contributed by atoms with van der Waals surface area (Å²) in [7, 11) is -2.80. The van der Waals surface area contributed by atoms with Gasteiger partial charge in [-0.1, -0.05) is 47.5 Å². The molecule has 32 heavy (non-hydrogen) atoms. The summed E-state index contributed by atoms with van der Waals surface area (Å²) in [5.74, 6) is -1.30. The summed E-state index contributed by atoms with van der Waals surface area (Å²) in [6.07, 6.45) is -3.49. The first-order valence-electron chi connectivity index (χ1n) is 8.72. The van der Waals surface area contributed by atoms with Crippen molar-refractivity contribution in [2.75, 3.05) is 17.7 Å². The second kappa shape index (κ2) is 8.93. The third-order valence-electron chi connectivity index (χ3n) is 4.26. The Morgan fingerprint density at radius 3 is 2.44 bits per heavy atom. The standard InChI is InChI=1S/C18H13Cl2F3N4O3S2/c1-3-32(29,30)13-6-9(11-5-4-10(19)7-12(11)20)8-24-14(13)15(28)27(2)17-26-25-16(31-17)18(21,22)23/h4-8H,3H2,1-2H3. The van der Waals surface area contributed by atoms with E-state index in [1.54, 1.807) is 12.1 Å². The lowest BCUT2D eigenvalue weighted by Gasteiger charge is -2.16. The van der Waals surface area contributed by atoms with E-state index < -0.39 is 32.6 Å². The highest BCUT2D eigenvalue weighted by molar-refractivity contribution is 7.91. The van der Waals surface area contributed by atoms with Crippen molar-refractivity contribution >= 4 is 55.4 Å². The molecule has 14 heteroatoms. The SMILES string of the molecule is CCS(=O)(=O)c1cc(-c2ccc(Cl)cc2Cl)cnc1C(=O)N(C)c1nnc(C(F)(F)F)s1. The molecule has 2 aromatic heterocycles. The molecule has 0 spiro atoms. The number of sulfone groups is 1. The van der Waals surface area contributed by atoms with Crippen molar-refractivity contribution in [3.05, 3.63) is 51.2 Å². The van der Waals surface area contributed by atoms with Crippen molar-refractivity contribution in [2.24, 2.45) is 0 Å². The van der Waals surface area contributed by atoms with E-state index in [-0.39, 0.29) is 32.1 Å². The quantitative estimate of drug-likeness (QED) is 0.466. The van der Waals surface area contributed by atoms with E-state index in [2.05, 4.69) is 15.2 Å². The maximum Gasteiger partial charge on any atom is 0.445 e. The first kappa shape index (κ1) is 24.4. The summed E-state index contributed by atoms with van der Waals surface area (Å²) < 4.78 is 63.8. The molecule has 0 N–H and O–H groups in total. The number of hydrogen-bond donors (Lipinski definition) is 0. The Bertz CT molecular complexity index is 1300. The molecule has 0 aliphatic heterocycles. The average Bonchev–Trinajstić information content (AvgIpc) is 3.23. The van der Waals surface area contributed by atoms with Crippen molar-refractivity contribution in [1.82, 2.24) is 15.2 Å². The van der Waals surface area contributed by atoms with Gasteiger partial charge < -0.3 is 0 Å². The van der Waals surface area contributed by atoms with Crippen molar-refractivity contribution in [2.45, 2.75) is 18.0 Å². The van der Waals surface area contributed by atoms with Gasteiger partial charge in [-0.15, -0.1) is 10.2 Å². The Labute approximate surface area is 194 Å². The molecule has 170 valence electrons. The van der Waals surface area contributed by atoms with E-state index in [1.807, 2.05) is 0 Å². The first-order valence-corrected chi connectivity index (χ1v) is 11.9. The number of carbonyl (C=O) groups excluding carboxylic acids is 1. The van der Waals surface area contributed by atoms with Gasteiger partial charge in [0, 0.05) is 34.4 Å². The Hall–Kier alpha value is -2.28. The number of alkyl halides is 3. The lowest BCUT2D eigenvalue weighted by Crippen LogP contribution is -2.29. The van der Waals surface area contributed by atoms with Crippen LogP contribution in [0.4, 0.5) is 18.3 Å². The number of aromatic nitrogens is 3. The molecule has 0 bridgehead atoms. The van der Waals surface area contributed by atoms with Crippen LogP contribution in [0.5, 0.6) is 0 Å². The summed E-state index contributed by atoms with van der Waals surface area (Å²) in [5, 5.41) is 5.40.